The van der Waals surface area contributed by atoms with Crippen molar-refractivity contribution in [2.24, 2.45) is 0 Å². The zero-order chi connectivity index (χ0) is 17.8. The molecule has 0 bridgehead atoms. The number of benzene rings is 2. The zero-order valence-corrected chi connectivity index (χ0v) is 14.2. The molecular weight excluding hydrogens is 315 g/mol. The first-order valence-electron chi connectivity index (χ1n) is 8.13. The van der Waals surface area contributed by atoms with E-state index < -0.39 is 5.92 Å². The minimum absolute atomic E-state index is 0.238. The van der Waals surface area contributed by atoms with Gasteiger partial charge in [-0.3, -0.25) is 9.78 Å². The van der Waals surface area contributed by atoms with Crippen LogP contribution >= 0.6 is 0 Å². The largest absolute Gasteiger partial charge is 0.326 e. The number of amides is 1. The Morgan fingerprint density at radius 3 is 2.44 bits per heavy atom. The summed E-state index contributed by atoms with van der Waals surface area (Å²) in [5.41, 5.74) is 4.15. The number of carbonyl (C=O) groups is 1. The standard InChI is InChI=1S/C21H19FN2O/c1-14-13-17(11-12-23-14)16-7-9-18(10-8-16)24-21(25)15(2)19-5-3-4-6-20(19)22/h3-13,15H,1-2H3,(H,24,25)/t15-/m0/s1. The van der Waals surface area contributed by atoms with E-state index in [0.717, 1.165) is 16.8 Å². The van der Waals surface area contributed by atoms with Crippen LogP contribution < -0.4 is 5.32 Å². The van der Waals surface area contributed by atoms with Gasteiger partial charge in [0.15, 0.2) is 0 Å². The number of pyridine rings is 1. The van der Waals surface area contributed by atoms with Gasteiger partial charge in [-0.2, -0.15) is 0 Å². The molecule has 0 spiro atoms. The lowest BCUT2D eigenvalue weighted by molar-refractivity contribution is -0.117. The van der Waals surface area contributed by atoms with Crippen molar-refractivity contribution in [1.29, 1.82) is 0 Å². The van der Waals surface area contributed by atoms with Crippen LogP contribution in [0.15, 0.2) is 66.9 Å². The van der Waals surface area contributed by atoms with Crippen LogP contribution in [-0.4, -0.2) is 10.9 Å². The van der Waals surface area contributed by atoms with Gasteiger partial charge in [-0.15, -0.1) is 0 Å². The van der Waals surface area contributed by atoms with Crippen LogP contribution in [0.25, 0.3) is 11.1 Å². The van der Waals surface area contributed by atoms with Crippen LogP contribution in [0.1, 0.15) is 24.1 Å². The van der Waals surface area contributed by atoms with Crippen LogP contribution in [0, 0.1) is 12.7 Å². The van der Waals surface area contributed by atoms with Crippen molar-refractivity contribution in [3.05, 3.63) is 83.9 Å². The van der Waals surface area contributed by atoms with Crippen molar-refractivity contribution in [3.8, 4) is 11.1 Å². The SMILES string of the molecule is Cc1cc(-c2ccc(NC(=O)[C@@H](C)c3ccccc3F)cc2)ccn1. The fourth-order valence-electron chi connectivity index (χ4n) is 2.69. The van der Waals surface area contributed by atoms with E-state index in [-0.39, 0.29) is 11.7 Å². The summed E-state index contributed by atoms with van der Waals surface area (Å²) in [6.07, 6.45) is 1.77. The van der Waals surface area contributed by atoms with E-state index in [2.05, 4.69) is 10.3 Å². The molecule has 0 aliphatic heterocycles. The Balaban J connectivity index is 1.73. The maximum absolute atomic E-state index is 13.8. The summed E-state index contributed by atoms with van der Waals surface area (Å²) in [7, 11) is 0. The molecule has 3 nitrogen and oxygen atoms in total. The molecule has 3 rings (SSSR count). The maximum atomic E-state index is 13.8. The molecule has 25 heavy (non-hydrogen) atoms. The van der Waals surface area contributed by atoms with E-state index in [0.29, 0.717) is 11.3 Å². The van der Waals surface area contributed by atoms with Crippen molar-refractivity contribution < 1.29 is 9.18 Å². The highest BCUT2D eigenvalue weighted by molar-refractivity contribution is 5.95. The molecule has 1 N–H and O–H groups in total. The van der Waals surface area contributed by atoms with Gasteiger partial charge in [0.2, 0.25) is 5.91 Å². The number of aryl methyl sites for hydroxylation is 1. The molecule has 0 fully saturated rings. The van der Waals surface area contributed by atoms with Crippen molar-refractivity contribution in [2.75, 3.05) is 5.32 Å². The van der Waals surface area contributed by atoms with Gasteiger partial charge >= 0.3 is 0 Å². The first-order valence-corrected chi connectivity index (χ1v) is 8.13. The number of nitrogens with one attached hydrogen (secondary N) is 1. The van der Waals surface area contributed by atoms with Crippen molar-refractivity contribution in [1.82, 2.24) is 4.98 Å². The number of hydrogen-bond donors (Lipinski definition) is 1. The predicted molar refractivity (Wildman–Crippen MR) is 97.9 cm³/mol. The Kier molecular flexibility index (Phi) is 4.89. The first-order chi connectivity index (χ1) is 12.0. The van der Waals surface area contributed by atoms with E-state index in [9.17, 15) is 9.18 Å². The van der Waals surface area contributed by atoms with Gasteiger partial charge in [0.25, 0.3) is 0 Å². The highest BCUT2D eigenvalue weighted by Crippen LogP contribution is 2.24. The van der Waals surface area contributed by atoms with Crippen LogP contribution in [0.5, 0.6) is 0 Å². The smallest absolute Gasteiger partial charge is 0.231 e. The summed E-state index contributed by atoms with van der Waals surface area (Å²) < 4.78 is 13.8. The average molecular weight is 334 g/mol. The molecule has 1 aromatic heterocycles. The molecule has 0 aliphatic carbocycles. The summed E-state index contributed by atoms with van der Waals surface area (Å²) in [6, 6.07) is 17.9. The molecule has 1 atom stereocenters. The van der Waals surface area contributed by atoms with Crippen LogP contribution in [0.3, 0.4) is 0 Å². The highest BCUT2D eigenvalue weighted by Gasteiger charge is 2.18. The van der Waals surface area contributed by atoms with Gasteiger partial charge in [0.05, 0.1) is 5.92 Å². The van der Waals surface area contributed by atoms with Crippen molar-refractivity contribution in [2.45, 2.75) is 19.8 Å². The number of rotatable bonds is 4. The monoisotopic (exact) mass is 334 g/mol. The summed E-state index contributed by atoms with van der Waals surface area (Å²) >= 11 is 0. The fraction of sp³-hybridized carbons (Fsp3) is 0.143. The van der Waals surface area contributed by atoms with Gasteiger partial charge in [0, 0.05) is 17.6 Å². The van der Waals surface area contributed by atoms with E-state index in [1.807, 2.05) is 43.3 Å². The maximum Gasteiger partial charge on any atom is 0.231 e. The third-order valence-electron chi connectivity index (χ3n) is 4.15. The Labute approximate surface area is 146 Å². The topological polar surface area (TPSA) is 42.0 Å². The molecule has 0 radical (unpaired) electrons. The number of carbonyl (C=O) groups excluding carboxylic acids is 1. The molecular formula is C21H19FN2O. The molecule has 1 heterocycles. The number of hydrogen-bond acceptors (Lipinski definition) is 2. The Morgan fingerprint density at radius 1 is 1.04 bits per heavy atom. The fourth-order valence-corrected chi connectivity index (χ4v) is 2.69. The van der Waals surface area contributed by atoms with Crippen molar-refractivity contribution >= 4 is 11.6 Å². The molecule has 126 valence electrons. The normalized spacial score (nSPS) is 11.8. The zero-order valence-electron chi connectivity index (χ0n) is 14.2. The third-order valence-corrected chi connectivity index (χ3v) is 4.15. The minimum atomic E-state index is -0.566. The second kappa shape index (κ2) is 7.26. The molecule has 0 unspecified atom stereocenters. The molecule has 3 aromatic rings. The van der Waals surface area contributed by atoms with Gasteiger partial charge in [-0.1, -0.05) is 30.3 Å². The lowest BCUT2D eigenvalue weighted by Crippen LogP contribution is -2.19. The number of aromatic nitrogens is 1. The highest BCUT2D eigenvalue weighted by atomic mass is 19.1. The molecule has 4 heteroatoms. The Morgan fingerprint density at radius 2 is 1.76 bits per heavy atom. The second-order valence-corrected chi connectivity index (χ2v) is 6.00. The summed E-state index contributed by atoms with van der Waals surface area (Å²) in [5.74, 6) is -1.17. The van der Waals surface area contributed by atoms with Crippen LogP contribution in [0.2, 0.25) is 0 Å². The molecule has 1 amide bonds. The van der Waals surface area contributed by atoms with Crippen molar-refractivity contribution in [3.63, 3.8) is 0 Å². The van der Waals surface area contributed by atoms with Crippen LogP contribution in [0.4, 0.5) is 10.1 Å². The number of anilines is 1. The molecule has 2 aromatic carbocycles. The Hall–Kier alpha value is -3.01. The summed E-state index contributed by atoms with van der Waals surface area (Å²) in [6.45, 7) is 3.64. The molecule has 0 saturated carbocycles. The van der Waals surface area contributed by atoms with Gasteiger partial charge in [-0.25, -0.2) is 4.39 Å². The first kappa shape index (κ1) is 16.8. The third kappa shape index (κ3) is 3.91. The summed E-state index contributed by atoms with van der Waals surface area (Å²) in [4.78, 5) is 16.6. The van der Waals surface area contributed by atoms with Gasteiger partial charge in [0.1, 0.15) is 5.82 Å². The number of nitrogens with zero attached hydrogens (tertiary/aromatic N) is 1. The lowest BCUT2D eigenvalue weighted by Gasteiger charge is -2.13. The Bertz CT molecular complexity index is 890. The average Bonchev–Trinajstić information content (AvgIpc) is 2.62. The van der Waals surface area contributed by atoms with E-state index in [4.69, 9.17) is 0 Å². The van der Waals surface area contributed by atoms with Crippen LogP contribution in [-0.2, 0) is 4.79 Å². The van der Waals surface area contributed by atoms with E-state index in [1.54, 1.807) is 31.3 Å². The molecule has 0 saturated heterocycles. The van der Waals surface area contributed by atoms with E-state index >= 15 is 0 Å². The minimum Gasteiger partial charge on any atom is -0.326 e. The summed E-state index contributed by atoms with van der Waals surface area (Å²) in [5, 5.41) is 2.84. The van der Waals surface area contributed by atoms with E-state index in [1.165, 1.54) is 6.07 Å². The quantitative estimate of drug-likeness (QED) is 0.734. The molecule has 0 aliphatic rings. The van der Waals surface area contributed by atoms with Gasteiger partial charge in [-0.05, 0) is 60.9 Å². The second-order valence-electron chi connectivity index (χ2n) is 6.00. The van der Waals surface area contributed by atoms with Gasteiger partial charge < -0.3 is 5.32 Å². The predicted octanol–water partition coefficient (Wildman–Crippen LogP) is 4.94. The number of halogens is 1. The lowest BCUT2D eigenvalue weighted by atomic mass is 9.99.